The van der Waals surface area contributed by atoms with Crippen molar-refractivity contribution in [1.82, 2.24) is 0 Å². The maximum absolute atomic E-state index is 0. The van der Waals surface area contributed by atoms with Crippen molar-refractivity contribution < 1.29 is 68.3 Å². The summed E-state index contributed by atoms with van der Waals surface area (Å²) in [6.07, 6.45) is 0. The van der Waals surface area contributed by atoms with Gasteiger partial charge < -0.3 is 27.0 Å². The fourth-order valence-corrected chi connectivity index (χ4v) is 0. The summed E-state index contributed by atoms with van der Waals surface area (Å²) in [5, 5.41) is 0. The molecule has 0 aliphatic carbocycles. The Hall–Kier alpha value is 2.78. The standard InChI is InChI=1S/4Cu.2S/q4*+1;2*-2. The molecule has 0 saturated heterocycles. The van der Waals surface area contributed by atoms with Crippen LogP contribution >= 0.6 is 0 Å². The van der Waals surface area contributed by atoms with E-state index in [0.29, 0.717) is 0 Å². The SMILES string of the molecule is [Cu+].[Cu+].[Cu+].[Cu+].[S-2].[S-2]. The Morgan fingerprint density at radius 2 is 0.333 bits per heavy atom. The zero-order valence-corrected chi connectivity index (χ0v) is 7.42. The zero-order chi connectivity index (χ0) is 0. The second kappa shape index (κ2) is 46.3. The van der Waals surface area contributed by atoms with Crippen LogP contribution in [0.25, 0.3) is 0 Å². The Bertz CT molecular complexity index is 5.51. The summed E-state index contributed by atoms with van der Waals surface area (Å²) in [7, 11) is 0. The summed E-state index contributed by atoms with van der Waals surface area (Å²) in [5.41, 5.74) is 0. The van der Waals surface area contributed by atoms with Crippen molar-refractivity contribution in [3.8, 4) is 0 Å². The van der Waals surface area contributed by atoms with Crippen molar-refractivity contribution in [2.75, 3.05) is 0 Å². The first-order valence-electron chi connectivity index (χ1n) is 0. The molecule has 0 unspecified atom stereocenters. The van der Waals surface area contributed by atoms with Crippen LogP contribution in [0, 0.1) is 0 Å². The van der Waals surface area contributed by atoms with Gasteiger partial charge >= 0.3 is 68.3 Å². The third-order valence-electron chi connectivity index (χ3n) is 0. The zero-order valence-electron chi connectivity index (χ0n) is 2.02. The molecule has 6 heteroatoms. The van der Waals surface area contributed by atoms with E-state index >= 15 is 0 Å². The molecule has 0 radical (unpaired) electrons. The Balaban J connectivity index is 0. The molecule has 0 bridgehead atoms. The minimum atomic E-state index is 0. The van der Waals surface area contributed by atoms with Gasteiger partial charge in [0.2, 0.25) is 0 Å². The molecule has 0 spiro atoms. The van der Waals surface area contributed by atoms with Crippen LogP contribution in [-0.4, -0.2) is 0 Å². The van der Waals surface area contributed by atoms with Crippen molar-refractivity contribution in [2.45, 2.75) is 0 Å². The molecule has 56 valence electrons. The number of rotatable bonds is 0. The van der Waals surface area contributed by atoms with Gasteiger partial charge in [0.25, 0.3) is 0 Å². The summed E-state index contributed by atoms with van der Waals surface area (Å²) in [4.78, 5) is 0. The predicted molar refractivity (Wildman–Crippen MR) is 14.7 cm³/mol. The molecule has 0 aliphatic rings. The van der Waals surface area contributed by atoms with E-state index in [1.165, 1.54) is 0 Å². The minimum Gasteiger partial charge on any atom is -2.00 e. The topological polar surface area (TPSA) is 0 Å². The molecule has 0 fully saturated rings. The summed E-state index contributed by atoms with van der Waals surface area (Å²) in [6.45, 7) is 0. The van der Waals surface area contributed by atoms with Crippen molar-refractivity contribution in [3.05, 3.63) is 0 Å². The van der Waals surface area contributed by atoms with Gasteiger partial charge in [-0.05, 0) is 0 Å². The van der Waals surface area contributed by atoms with Crippen molar-refractivity contribution in [2.24, 2.45) is 0 Å². The molecule has 0 amide bonds. The predicted octanol–water partition coefficient (Wildman–Crippen LogP) is -0.0148. The third kappa shape index (κ3) is 29.3. The van der Waals surface area contributed by atoms with Gasteiger partial charge in [-0.25, -0.2) is 0 Å². The quantitative estimate of drug-likeness (QED) is 0.551. The molecule has 0 rings (SSSR count). The molecule has 0 saturated carbocycles. The molecule has 0 N–H and O–H groups in total. The van der Waals surface area contributed by atoms with Crippen LogP contribution in [-0.2, 0) is 95.3 Å². The fraction of sp³-hybridized carbons (Fsp3) is 0. The molecule has 6 heavy (non-hydrogen) atoms. The maximum atomic E-state index is 0. The molecule has 0 aromatic heterocycles. The normalized spacial score (nSPS) is 0. The Kier molecular flexibility index (Phi) is 531. The van der Waals surface area contributed by atoms with E-state index in [1.807, 2.05) is 0 Å². The van der Waals surface area contributed by atoms with E-state index in [-0.39, 0.29) is 95.3 Å². The van der Waals surface area contributed by atoms with E-state index < -0.39 is 0 Å². The smallest absolute Gasteiger partial charge is 1.00 e. The van der Waals surface area contributed by atoms with Gasteiger partial charge in [-0.2, -0.15) is 0 Å². The van der Waals surface area contributed by atoms with Crippen molar-refractivity contribution in [3.63, 3.8) is 0 Å². The molecule has 0 aliphatic heterocycles. The van der Waals surface area contributed by atoms with Gasteiger partial charge in [-0.15, -0.1) is 0 Å². The van der Waals surface area contributed by atoms with Crippen LogP contribution in [0.2, 0.25) is 0 Å². The monoisotopic (exact) mass is 316 g/mol. The second-order valence-electron chi connectivity index (χ2n) is 0. The van der Waals surface area contributed by atoms with E-state index in [2.05, 4.69) is 0 Å². The summed E-state index contributed by atoms with van der Waals surface area (Å²) in [5.74, 6) is 0. The van der Waals surface area contributed by atoms with Gasteiger partial charge in [-0.1, -0.05) is 0 Å². The third-order valence-corrected chi connectivity index (χ3v) is 0. The van der Waals surface area contributed by atoms with Gasteiger partial charge in [-0.3, -0.25) is 0 Å². The summed E-state index contributed by atoms with van der Waals surface area (Å²) < 4.78 is 0. The van der Waals surface area contributed by atoms with Gasteiger partial charge in [0.1, 0.15) is 0 Å². The number of hydrogen-bond donors (Lipinski definition) is 0. The summed E-state index contributed by atoms with van der Waals surface area (Å²) >= 11 is 0. The molecule has 0 aromatic carbocycles. The maximum Gasteiger partial charge on any atom is 1.00 e. The average Bonchev–Trinajstić information content (AvgIpc) is 0. The van der Waals surface area contributed by atoms with Crippen LogP contribution < -0.4 is 0 Å². The van der Waals surface area contributed by atoms with Crippen molar-refractivity contribution in [1.29, 1.82) is 0 Å². The van der Waals surface area contributed by atoms with E-state index in [4.69, 9.17) is 0 Å². The van der Waals surface area contributed by atoms with E-state index in [1.54, 1.807) is 0 Å². The van der Waals surface area contributed by atoms with Crippen LogP contribution in [0.1, 0.15) is 0 Å². The molecule has 0 nitrogen and oxygen atoms in total. The van der Waals surface area contributed by atoms with Crippen LogP contribution in [0.3, 0.4) is 0 Å². The summed E-state index contributed by atoms with van der Waals surface area (Å²) in [6, 6.07) is 0. The average molecular weight is 318 g/mol. The number of hydrogen-bond acceptors (Lipinski definition) is 0. The van der Waals surface area contributed by atoms with Gasteiger partial charge in [0.15, 0.2) is 0 Å². The fourth-order valence-electron chi connectivity index (χ4n) is 0. The molecular weight excluding hydrogens is 318 g/mol. The van der Waals surface area contributed by atoms with Crippen LogP contribution in [0.15, 0.2) is 0 Å². The van der Waals surface area contributed by atoms with Crippen molar-refractivity contribution >= 4 is 27.0 Å². The molecular formula is Cu4S2. The molecule has 0 atom stereocenters. The molecule has 0 aromatic rings. The second-order valence-corrected chi connectivity index (χ2v) is 0. The first kappa shape index (κ1) is 68.8. The Morgan fingerprint density at radius 3 is 0.333 bits per heavy atom. The Labute approximate surface area is 94.1 Å². The molecule has 0 heterocycles. The van der Waals surface area contributed by atoms with E-state index in [9.17, 15) is 0 Å². The first-order chi connectivity index (χ1) is 0. The first-order valence-corrected chi connectivity index (χ1v) is 0. The minimum absolute atomic E-state index is 0. The van der Waals surface area contributed by atoms with Gasteiger partial charge in [0, 0.05) is 0 Å². The van der Waals surface area contributed by atoms with E-state index in [0.717, 1.165) is 0 Å². The van der Waals surface area contributed by atoms with Gasteiger partial charge in [0.05, 0.1) is 0 Å². The largest absolute Gasteiger partial charge is 2.00 e. The van der Waals surface area contributed by atoms with Crippen LogP contribution in [0.5, 0.6) is 0 Å². The van der Waals surface area contributed by atoms with Crippen LogP contribution in [0.4, 0.5) is 0 Å². The Morgan fingerprint density at radius 1 is 0.333 bits per heavy atom.